The van der Waals surface area contributed by atoms with E-state index in [1.165, 1.54) is 32.1 Å². The molecule has 2 aliphatic heterocycles. The molecule has 4 nitrogen and oxygen atoms in total. The molecular formula is C25H28O4. The van der Waals surface area contributed by atoms with Crippen molar-refractivity contribution < 1.29 is 19.1 Å². The maximum absolute atomic E-state index is 12.3. The van der Waals surface area contributed by atoms with E-state index < -0.39 is 0 Å². The lowest BCUT2D eigenvalue weighted by Crippen LogP contribution is -2.11. The summed E-state index contributed by atoms with van der Waals surface area (Å²) in [5.41, 5.74) is 1.03. The number of benzene rings is 1. The van der Waals surface area contributed by atoms with Crippen LogP contribution in [0.1, 0.15) is 52.8 Å². The van der Waals surface area contributed by atoms with Crippen molar-refractivity contribution in [3.05, 3.63) is 35.4 Å². The van der Waals surface area contributed by atoms with Gasteiger partial charge in [-0.3, -0.25) is 0 Å². The van der Waals surface area contributed by atoms with E-state index >= 15 is 0 Å². The minimum Gasteiger partial charge on any atom is -0.462 e. The minimum atomic E-state index is -0.278. The Morgan fingerprint density at radius 2 is 0.862 bits per heavy atom. The van der Waals surface area contributed by atoms with Crippen LogP contribution in [-0.4, -0.2) is 25.2 Å². The van der Waals surface area contributed by atoms with Gasteiger partial charge < -0.3 is 9.47 Å². The summed E-state index contributed by atoms with van der Waals surface area (Å²) in [4.78, 5) is 24.7. The van der Waals surface area contributed by atoms with E-state index in [-0.39, 0.29) is 11.9 Å². The number of ether oxygens (including phenoxy) is 2. The van der Waals surface area contributed by atoms with Gasteiger partial charge >= 0.3 is 11.9 Å². The Balaban J connectivity index is 1.07. The summed E-state index contributed by atoms with van der Waals surface area (Å²) in [6.07, 6.45) is 6.81. The topological polar surface area (TPSA) is 52.6 Å². The first-order valence-electron chi connectivity index (χ1n) is 11.6. The minimum absolute atomic E-state index is 0.278. The van der Waals surface area contributed by atoms with Gasteiger partial charge in [-0.25, -0.2) is 9.59 Å². The van der Waals surface area contributed by atoms with E-state index in [4.69, 9.17) is 9.47 Å². The quantitative estimate of drug-likeness (QED) is 0.621. The van der Waals surface area contributed by atoms with Gasteiger partial charge in [0, 0.05) is 0 Å². The highest BCUT2D eigenvalue weighted by Gasteiger charge is 2.66. The van der Waals surface area contributed by atoms with Crippen LogP contribution in [0.3, 0.4) is 0 Å². The van der Waals surface area contributed by atoms with Crippen molar-refractivity contribution in [1.82, 2.24) is 0 Å². The van der Waals surface area contributed by atoms with Crippen LogP contribution in [-0.2, 0) is 9.47 Å². The molecule has 0 amide bonds. The van der Waals surface area contributed by atoms with Crippen molar-refractivity contribution in [2.24, 2.45) is 59.2 Å². The monoisotopic (exact) mass is 392 g/mol. The van der Waals surface area contributed by atoms with Crippen molar-refractivity contribution in [3.63, 3.8) is 0 Å². The fraction of sp³-hybridized carbons (Fsp3) is 0.680. The van der Waals surface area contributed by atoms with Gasteiger partial charge in [-0.05, 0) is 116 Å². The molecule has 10 unspecified atom stereocenters. The third-order valence-corrected chi connectivity index (χ3v) is 9.04. The van der Waals surface area contributed by atoms with Crippen molar-refractivity contribution >= 4 is 11.9 Å². The first-order valence-corrected chi connectivity index (χ1v) is 11.6. The molecule has 10 atom stereocenters. The average molecular weight is 392 g/mol. The van der Waals surface area contributed by atoms with Crippen LogP contribution in [0.2, 0.25) is 0 Å². The molecule has 5 saturated carbocycles. The van der Waals surface area contributed by atoms with Gasteiger partial charge in [0.1, 0.15) is 0 Å². The third-order valence-electron chi connectivity index (χ3n) is 9.04. The Kier molecular flexibility index (Phi) is 3.42. The highest BCUT2D eigenvalue weighted by Crippen LogP contribution is 2.72. The summed E-state index contributed by atoms with van der Waals surface area (Å²) >= 11 is 0. The number of carbonyl (C=O) groups excluding carboxylic acids is 2. The summed E-state index contributed by atoms with van der Waals surface area (Å²) in [7, 11) is 0. The van der Waals surface area contributed by atoms with Crippen LogP contribution in [0.4, 0.5) is 0 Å². The SMILES string of the molecule is O=C1OCC2CC2C2CC2C2CC2C2CC2C2CC2COC(=O)c2ccc1cc2. The van der Waals surface area contributed by atoms with E-state index in [1.807, 2.05) is 0 Å². The molecule has 29 heavy (non-hydrogen) atoms. The molecule has 0 N–H and O–H groups in total. The van der Waals surface area contributed by atoms with Gasteiger partial charge in [0.05, 0.1) is 24.3 Å². The fourth-order valence-electron chi connectivity index (χ4n) is 6.91. The third kappa shape index (κ3) is 2.93. The summed E-state index contributed by atoms with van der Waals surface area (Å²) in [5, 5.41) is 0. The molecule has 5 fully saturated rings. The van der Waals surface area contributed by atoms with Crippen LogP contribution in [0.15, 0.2) is 24.3 Å². The first kappa shape index (κ1) is 16.9. The van der Waals surface area contributed by atoms with Gasteiger partial charge in [-0.2, -0.15) is 0 Å². The highest BCUT2D eigenvalue weighted by molar-refractivity contribution is 5.93. The highest BCUT2D eigenvalue weighted by atomic mass is 16.5. The Morgan fingerprint density at radius 1 is 0.517 bits per heavy atom. The van der Waals surface area contributed by atoms with Crippen molar-refractivity contribution in [1.29, 1.82) is 0 Å². The Hall–Kier alpha value is -1.84. The first-order chi connectivity index (χ1) is 14.2. The van der Waals surface area contributed by atoms with Crippen LogP contribution in [0.5, 0.6) is 0 Å². The summed E-state index contributed by atoms with van der Waals surface area (Å²) < 4.78 is 11.2. The molecule has 0 radical (unpaired) electrons. The molecule has 0 spiro atoms. The van der Waals surface area contributed by atoms with Gasteiger partial charge in [0.25, 0.3) is 0 Å². The predicted molar refractivity (Wildman–Crippen MR) is 105 cm³/mol. The zero-order valence-electron chi connectivity index (χ0n) is 16.7. The van der Waals surface area contributed by atoms with Crippen LogP contribution in [0, 0.1) is 59.2 Å². The molecule has 5 aliphatic carbocycles. The molecule has 0 aromatic heterocycles. The predicted octanol–water partition coefficient (Wildman–Crippen LogP) is 4.19. The van der Waals surface area contributed by atoms with E-state index in [0.29, 0.717) is 36.2 Å². The largest absolute Gasteiger partial charge is 0.462 e. The smallest absolute Gasteiger partial charge is 0.338 e. The second-order valence-corrected chi connectivity index (χ2v) is 10.8. The van der Waals surface area contributed by atoms with Gasteiger partial charge in [-0.1, -0.05) is 0 Å². The van der Waals surface area contributed by atoms with E-state index in [2.05, 4.69) is 0 Å². The normalized spacial score (nSPS) is 49.1. The van der Waals surface area contributed by atoms with E-state index in [0.717, 1.165) is 47.3 Å². The van der Waals surface area contributed by atoms with Crippen LogP contribution < -0.4 is 0 Å². The fourth-order valence-corrected chi connectivity index (χ4v) is 6.91. The second kappa shape index (κ2) is 5.86. The molecule has 1 aromatic carbocycles. The van der Waals surface area contributed by atoms with Gasteiger partial charge in [0.2, 0.25) is 0 Å². The number of hydrogen-bond acceptors (Lipinski definition) is 4. The Morgan fingerprint density at radius 3 is 1.24 bits per heavy atom. The van der Waals surface area contributed by atoms with E-state index in [1.54, 1.807) is 24.3 Å². The summed E-state index contributed by atoms with van der Waals surface area (Å²) in [6, 6.07) is 6.72. The Bertz CT molecular complexity index is 804. The molecule has 2 heterocycles. The van der Waals surface area contributed by atoms with Gasteiger partial charge in [-0.15, -0.1) is 0 Å². The molecule has 1 aromatic rings. The molecule has 4 heteroatoms. The summed E-state index contributed by atoms with van der Waals surface area (Å²) in [5.74, 6) is 7.99. The van der Waals surface area contributed by atoms with Crippen LogP contribution in [0.25, 0.3) is 0 Å². The lowest BCUT2D eigenvalue weighted by Gasteiger charge is -2.07. The van der Waals surface area contributed by atoms with Crippen molar-refractivity contribution in [2.45, 2.75) is 32.1 Å². The molecule has 152 valence electrons. The number of hydrogen-bond donors (Lipinski definition) is 0. The van der Waals surface area contributed by atoms with Crippen molar-refractivity contribution in [3.8, 4) is 0 Å². The lowest BCUT2D eigenvalue weighted by molar-refractivity contribution is 0.0464. The maximum atomic E-state index is 12.3. The standard InChI is InChI=1S/C25H28O4/c26-24-12-1-2-13(4-3-12)25(27)29-11-15-6-17(15)19-8-21(19)23-9-22(23)20-7-18(20)16-5-14(16)10-28-24/h1-4,14-23H,5-11H2. The van der Waals surface area contributed by atoms with E-state index in [9.17, 15) is 9.59 Å². The molecule has 8 rings (SSSR count). The lowest BCUT2D eigenvalue weighted by atomic mass is 10.1. The maximum Gasteiger partial charge on any atom is 0.338 e. The van der Waals surface area contributed by atoms with Crippen LogP contribution >= 0.6 is 0 Å². The molecule has 0 saturated heterocycles. The second-order valence-electron chi connectivity index (χ2n) is 10.8. The van der Waals surface area contributed by atoms with Crippen molar-refractivity contribution in [2.75, 3.05) is 13.2 Å². The number of rotatable bonds is 0. The zero-order valence-corrected chi connectivity index (χ0v) is 16.7. The number of esters is 2. The summed E-state index contributed by atoms with van der Waals surface area (Å²) in [6.45, 7) is 1.11. The molecular weight excluding hydrogens is 364 g/mol. The average Bonchev–Trinajstić information content (AvgIpc) is 3.56. The Labute approximate surface area is 171 Å². The number of carbonyl (C=O) groups is 2. The van der Waals surface area contributed by atoms with Gasteiger partial charge in [0.15, 0.2) is 0 Å². The molecule has 7 aliphatic rings. The number of fused-ring (bicyclic) bond motifs is 6. The molecule has 2 bridgehead atoms. The zero-order chi connectivity index (χ0) is 19.3.